The van der Waals surface area contributed by atoms with Crippen LogP contribution in [0.5, 0.6) is 0 Å². The van der Waals surface area contributed by atoms with Crippen LogP contribution in [0.3, 0.4) is 0 Å². The second-order valence-corrected chi connectivity index (χ2v) is 9.14. The predicted molar refractivity (Wildman–Crippen MR) is 124 cm³/mol. The first kappa shape index (κ1) is 18.6. The van der Waals surface area contributed by atoms with Crippen LogP contribution in [-0.2, 0) is 6.54 Å². The monoisotopic (exact) mass is 413 g/mol. The lowest BCUT2D eigenvalue weighted by molar-refractivity contribution is 0.00122. The number of pyridine rings is 1. The van der Waals surface area contributed by atoms with Gasteiger partial charge in [0.1, 0.15) is 17.2 Å². The van der Waals surface area contributed by atoms with Crippen molar-refractivity contribution in [3.63, 3.8) is 0 Å². The number of aromatic amines is 1. The van der Waals surface area contributed by atoms with Gasteiger partial charge in [-0.15, -0.1) is 0 Å². The van der Waals surface area contributed by atoms with Gasteiger partial charge in [-0.3, -0.25) is 0 Å². The van der Waals surface area contributed by atoms with Gasteiger partial charge in [-0.05, 0) is 55.1 Å². The fourth-order valence-electron chi connectivity index (χ4n) is 5.26. The molecule has 2 N–H and O–H groups in total. The summed E-state index contributed by atoms with van der Waals surface area (Å²) in [6.07, 6.45) is 6.25. The molecule has 3 aromatic heterocycles. The number of hydrogen-bond donors (Lipinski definition) is 2. The molecule has 2 aliphatic heterocycles. The summed E-state index contributed by atoms with van der Waals surface area (Å²) in [5, 5.41) is 4.64. The zero-order valence-electron chi connectivity index (χ0n) is 17.8. The van der Waals surface area contributed by atoms with Gasteiger partial charge >= 0.3 is 0 Å². The summed E-state index contributed by atoms with van der Waals surface area (Å²) in [6, 6.07) is 12.5. The molecule has 5 heterocycles. The summed E-state index contributed by atoms with van der Waals surface area (Å²) in [4.78, 5) is 22.3. The van der Waals surface area contributed by atoms with E-state index in [1.165, 1.54) is 36.9 Å². The minimum atomic E-state index is 0.543. The van der Waals surface area contributed by atoms with Gasteiger partial charge in [-0.25, -0.2) is 15.0 Å². The molecule has 0 amide bonds. The van der Waals surface area contributed by atoms with Crippen molar-refractivity contribution in [2.75, 3.05) is 43.4 Å². The van der Waals surface area contributed by atoms with Crippen LogP contribution in [0.1, 0.15) is 18.4 Å². The maximum absolute atomic E-state index is 4.86. The Morgan fingerprint density at radius 3 is 2.77 bits per heavy atom. The fraction of sp³-hybridized carbons (Fsp3) is 0.375. The molecule has 0 saturated carbocycles. The van der Waals surface area contributed by atoms with E-state index >= 15 is 0 Å². The van der Waals surface area contributed by atoms with E-state index in [0.717, 1.165) is 35.8 Å². The van der Waals surface area contributed by atoms with Crippen LogP contribution in [0.25, 0.3) is 22.1 Å². The number of rotatable bonds is 4. The SMILES string of the molecule is CN1CC2(CCN(c3ccc4ncc(NCc5cccc6[nH]ccc56)nc4n3)CC2)C1. The third-order valence-corrected chi connectivity index (χ3v) is 6.90. The summed E-state index contributed by atoms with van der Waals surface area (Å²) < 4.78 is 0. The number of hydrogen-bond acceptors (Lipinski definition) is 6. The zero-order chi connectivity index (χ0) is 20.8. The molecule has 4 aromatic rings. The quantitative estimate of drug-likeness (QED) is 0.532. The van der Waals surface area contributed by atoms with Crippen LogP contribution in [-0.4, -0.2) is 58.1 Å². The predicted octanol–water partition coefficient (Wildman–Crippen LogP) is 3.65. The number of anilines is 2. The Hall–Kier alpha value is -3.19. The molecule has 158 valence electrons. The molecular formula is C24H27N7. The standard InChI is InChI=1S/C24H27N7/c1-30-15-24(16-30)8-11-31(12-9-24)22-6-5-20-23(29-22)28-21(14-26-20)27-13-17-3-2-4-19-18(17)7-10-25-19/h2-7,10,14,25H,8-9,11-13,15-16H2,1H3,(H,27,28,29). The first-order valence-corrected chi connectivity index (χ1v) is 11.0. The second kappa shape index (κ2) is 7.20. The van der Waals surface area contributed by atoms with Gasteiger partial charge in [0.25, 0.3) is 0 Å². The molecule has 2 saturated heterocycles. The van der Waals surface area contributed by atoms with Crippen molar-refractivity contribution in [2.24, 2.45) is 5.41 Å². The topological polar surface area (TPSA) is 73.0 Å². The van der Waals surface area contributed by atoms with Crippen LogP contribution < -0.4 is 10.2 Å². The highest BCUT2D eigenvalue weighted by atomic mass is 15.2. The van der Waals surface area contributed by atoms with E-state index in [1.54, 1.807) is 6.20 Å². The number of fused-ring (bicyclic) bond motifs is 2. The lowest BCUT2D eigenvalue weighted by atomic mass is 9.72. The summed E-state index contributed by atoms with van der Waals surface area (Å²) in [5.74, 6) is 1.76. The van der Waals surface area contributed by atoms with E-state index in [1.807, 2.05) is 12.3 Å². The van der Waals surface area contributed by atoms with Gasteiger partial charge < -0.3 is 20.1 Å². The first-order valence-electron chi connectivity index (χ1n) is 11.0. The van der Waals surface area contributed by atoms with Crippen LogP contribution in [0.15, 0.2) is 48.8 Å². The van der Waals surface area contributed by atoms with Crippen molar-refractivity contribution in [3.8, 4) is 0 Å². The Labute approximate surface area is 181 Å². The fourth-order valence-corrected chi connectivity index (χ4v) is 5.26. The van der Waals surface area contributed by atoms with Gasteiger partial charge in [0.2, 0.25) is 0 Å². The van der Waals surface area contributed by atoms with Gasteiger partial charge in [0, 0.05) is 49.8 Å². The normalized spacial score (nSPS) is 18.5. The molecule has 2 aliphatic rings. The molecule has 0 unspecified atom stereocenters. The van der Waals surface area contributed by atoms with Crippen LogP contribution in [0.4, 0.5) is 11.6 Å². The highest BCUT2D eigenvalue weighted by molar-refractivity contribution is 5.83. The molecule has 7 heteroatoms. The van der Waals surface area contributed by atoms with Crippen LogP contribution in [0, 0.1) is 5.41 Å². The van der Waals surface area contributed by atoms with E-state index in [0.29, 0.717) is 17.6 Å². The van der Waals surface area contributed by atoms with Crippen LogP contribution >= 0.6 is 0 Å². The van der Waals surface area contributed by atoms with E-state index in [2.05, 4.69) is 62.5 Å². The molecule has 0 atom stereocenters. The smallest absolute Gasteiger partial charge is 0.182 e. The van der Waals surface area contributed by atoms with Crippen molar-refractivity contribution < 1.29 is 0 Å². The van der Waals surface area contributed by atoms with E-state index in [4.69, 9.17) is 9.97 Å². The number of benzene rings is 1. The van der Waals surface area contributed by atoms with Crippen molar-refractivity contribution in [1.82, 2.24) is 24.8 Å². The Morgan fingerprint density at radius 2 is 1.94 bits per heavy atom. The summed E-state index contributed by atoms with van der Waals surface area (Å²) in [7, 11) is 2.21. The lowest BCUT2D eigenvalue weighted by Gasteiger charge is -2.53. The van der Waals surface area contributed by atoms with Crippen molar-refractivity contribution in [1.29, 1.82) is 0 Å². The summed E-state index contributed by atoms with van der Waals surface area (Å²) in [6.45, 7) is 5.31. The average Bonchev–Trinajstić information content (AvgIpc) is 3.26. The van der Waals surface area contributed by atoms with Gasteiger partial charge in [-0.1, -0.05) is 12.1 Å². The Morgan fingerprint density at radius 1 is 1.06 bits per heavy atom. The first-order chi connectivity index (χ1) is 15.2. The van der Waals surface area contributed by atoms with Gasteiger partial charge in [0.05, 0.1) is 6.20 Å². The second-order valence-electron chi connectivity index (χ2n) is 9.14. The number of likely N-dealkylation sites (tertiary alicyclic amines) is 1. The molecule has 1 aromatic carbocycles. The third-order valence-electron chi connectivity index (χ3n) is 6.90. The maximum Gasteiger partial charge on any atom is 0.182 e. The van der Waals surface area contributed by atoms with Crippen LogP contribution in [0.2, 0.25) is 0 Å². The van der Waals surface area contributed by atoms with E-state index in [-0.39, 0.29) is 0 Å². The molecule has 2 fully saturated rings. The molecular weight excluding hydrogens is 386 g/mol. The number of aromatic nitrogens is 4. The largest absolute Gasteiger partial charge is 0.365 e. The molecule has 0 bridgehead atoms. The number of nitrogens with one attached hydrogen (secondary N) is 2. The Kier molecular flexibility index (Phi) is 4.31. The molecule has 1 spiro atoms. The molecule has 31 heavy (non-hydrogen) atoms. The number of H-pyrrole nitrogens is 1. The highest BCUT2D eigenvalue weighted by Crippen LogP contribution is 2.40. The summed E-state index contributed by atoms with van der Waals surface area (Å²) >= 11 is 0. The molecule has 0 aliphatic carbocycles. The number of piperidine rings is 1. The van der Waals surface area contributed by atoms with E-state index < -0.39 is 0 Å². The van der Waals surface area contributed by atoms with Gasteiger partial charge in [-0.2, -0.15) is 0 Å². The lowest BCUT2D eigenvalue weighted by Crippen LogP contribution is -2.58. The minimum absolute atomic E-state index is 0.543. The average molecular weight is 414 g/mol. The van der Waals surface area contributed by atoms with Crippen molar-refractivity contribution in [2.45, 2.75) is 19.4 Å². The summed E-state index contributed by atoms with van der Waals surface area (Å²) in [5.41, 5.74) is 4.45. The van der Waals surface area contributed by atoms with E-state index in [9.17, 15) is 0 Å². The maximum atomic E-state index is 4.86. The third kappa shape index (κ3) is 3.39. The highest BCUT2D eigenvalue weighted by Gasteiger charge is 2.43. The number of nitrogens with zero attached hydrogens (tertiary/aromatic N) is 5. The Bertz CT molecular complexity index is 1230. The molecule has 0 radical (unpaired) electrons. The Balaban J connectivity index is 1.19. The molecule has 6 rings (SSSR count). The van der Waals surface area contributed by atoms with Gasteiger partial charge in [0.15, 0.2) is 5.65 Å². The van der Waals surface area contributed by atoms with Crippen molar-refractivity contribution >= 4 is 33.7 Å². The molecule has 7 nitrogen and oxygen atoms in total. The van der Waals surface area contributed by atoms with Crippen molar-refractivity contribution in [3.05, 3.63) is 54.4 Å². The zero-order valence-corrected chi connectivity index (χ0v) is 17.8. The minimum Gasteiger partial charge on any atom is -0.365 e.